The highest BCUT2D eigenvalue weighted by Crippen LogP contribution is 2.24. The van der Waals surface area contributed by atoms with Crippen molar-refractivity contribution in [1.29, 1.82) is 0 Å². The van der Waals surface area contributed by atoms with Crippen molar-refractivity contribution in [1.82, 2.24) is 14.8 Å². The molecule has 0 bridgehead atoms. The van der Waals surface area contributed by atoms with Crippen LogP contribution in [0, 0.1) is 6.92 Å². The number of amides is 1. The maximum absolute atomic E-state index is 12.1. The summed E-state index contributed by atoms with van der Waals surface area (Å²) >= 11 is 0. The number of hydrogen-bond acceptors (Lipinski definition) is 3. The molecule has 2 aromatic rings. The maximum Gasteiger partial charge on any atom is 0.229 e. The summed E-state index contributed by atoms with van der Waals surface area (Å²) in [6.07, 6.45) is 14.2. The predicted octanol–water partition coefficient (Wildman–Crippen LogP) is 3.40. The zero-order chi connectivity index (χ0) is 16.2. The lowest BCUT2D eigenvalue weighted by Gasteiger charge is -2.09. The van der Waals surface area contributed by atoms with E-state index in [4.69, 9.17) is 0 Å². The van der Waals surface area contributed by atoms with E-state index in [1.807, 2.05) is 38.5 Å². The monoisotopic (exact) mass is 308 g/mol. The minimum absolute atomic E-state index is 0.0381. The predicted molar refractivity (Wildman–Crippen MR) is 90.9 cm³/mol. The van der Waals surface area contributed by atoms with Crippen LogP contribution in [0.25, 0.3) is 11.1 Å². The van der Waals surface area contributed by atoms with E-state index < -0.39 is 0 Å². The largest absolute Gasteiger partial charge is 0.310 e. The number of allylic oxidation sites excluding steroid dienone is 3. The highest BCUT2D eigenvalue weighted by molar-refractivity contribution is 5.92. The number of nitrogens with zero attached hydrogens (tertiary/aromatic N) is 3. The van der Waals surface area contributed by atoms with Gasteiger partial charge in [0.05, 0.1) is 12.6 Å². The van der Waals surface area contributed by atoms with Crippen LogP contribution in [0.3, 0.4) is 0 Å². The molecule has 5 nitrogen and oxygen atoms in total. The summed E-state index contributed by atoms with van der Waals surface area (Å²) in [5, 5.41) is 7.04. The van der Waals surface area contributed by atoms with Gasteiger partial charge in [0.2, 0.25) is 5.91 Å². The fourth-order valence-corrected chi connectivity index (χ4v) is 2.66. The van der Waals surface area contributed by atoms with E-state index >= 15 is 0 Å². The molecule has 1 amide bonds. The SMILES string of the molecule is Cc1cc(NC(=O)CC2=CCCC=C2)ncc1-c1cnn(C)c1. The highest BCUT2D eigenvalue weighted by atomic mass is 16.1. The molecule has 0 atom stereocenters. The Hall–Kier alpha value is -2.69. The van der Waals surface area contributed by atoms with Gasteiger partial charge in [-0.2, -0.15) is 5.10 Å². The molecule has 1 N–H and O–H groups in total. The number of hydrogen-bond donors (Lipinski definition) is 1. The van der Waals surface area contributed by atoms with Crippen LogP contribution in [0.15, 0.2) is 48.5 Å². The fraction of sp³-hybridized carbons (Fsp3) is 0.278. The van der Waals surface area contributed by atoms with E-state index in [2.05, 4.69) is 27.6 Å². The third-order valence-corrected chi connectivity index (χ3v) is 3.83. The van der Waals surface area contributed by atoms with Gasteiger partial charge < -0.3 is 5.32 Å². The molecule has 0 fully saturated rings. The van der Waals surface area contributed by atoms with Crippen molar-refractivity contribution in [3.05, 3.63) is 54.0 Å². The number of aryl methyl sites for hydroxylation is 2. The van der Waals surface area contributed by atoms with Crippen molar-refractivity contribution in [3.8, 4) is 11.1 Å². The molecule has 0 spiro atoms. The van der Waals surface area contributed by atoms with Crippen LogP contribution < -0.4 is 5.32 Å². The minimum Gasteiger partial charge on any atom is -0.310 e. The van der Waals surface area contributed by atoms with Gasteiger partial charge in [-0.25, -0.2) is 4.98 Å². The number of aromatic nitrogens is 3. The van der Waals surface area contributed by atoms with Gasteiger partial charge in [-0.05, 0) is 37.0 Å². The van der Waals surface area contributed by atoms with Gasteiger partial charge in [-0.15, -0.1) is 0 Å². The Morgan fingerprint density at radius 2 is 2.22 bits per heavy atom. The smallest absolute Gasteiger partial charge is 0.229 e. The quantitative estimate of drug-likeness (QED) is 0.941. The van der Waals surface area contributed by atoms with E-state index in [9.17, 15) is 4.79 Å². The van der Waals surface area contributed by atoms with E-state index in [0.29, 0.717) is 12.2 Å². The average molecular weight is 308 g/mol. The third-order valence-electron chi connectivity index (χ3n) is 3.83. The first-order chi connectivity index (χ1) is 11.1. The third kappa shape index (κ3) is 3.74. The molecule has 0 aromatic carbocycles. The normalized spacial score (nSPS) is 13.7. The van der Waals surface area contributed by atoms with E-state index in [0.717, 1.165) is 35.1 Å². The molecule has 5 heteroatoms. The molecular weight excluding hydrogens is 288 g/mol. The Morgan fingerprint density at radius 1 is 1.35 bits per heavy atom. The number of nitrogens with one attached hydrogen (secondary N) is 1. The number of rotatable bonds is 4. The van der Waals surface area contributed by atoms with Crippen molar-refractivity contribution in [2.75, 3.05) is 5.32 Å². The molecule has 0 radical (unpaired) electrons. The second-order valence-corrected chi connectivity index (χ2v) is 5.77. The van der Waals surface area contributed by atoms with Gasteiger partial charge in [0.15, 0.2) is 0 Å². The summed E-state index contributed by atoms with van der Waals surface area (Å²) < 4.78 is 1.76. The van der Waals surface area contributed by atoms with E-state index in [1.165, 1.54) is 0 Å². The van der Waals surface area contributed by atoms with Gasteiger partial charge in [0, 0.05) is 30.6 Å². The molecular formula is C18H20N4O. The molecule has 0 saturated carbocycles. The van der Waals surface area contributed by atoms with Gasteiger partial charge in [-0.1, -0.05) is 18.2 Å². The zero-order valence-corrected chi connectivity index (χ0v) is 13.4. The Kier molecular flexibility index (Phi) is 4.37. The van der Waals surface area contributed by atoms with Crippen molar-refractivity contribution in [2.24, 2.45) is 7.05 Å². The molecule has 2 heterocycles. The van der Waals surface area contributed by atoms with E-state index in [1.54, 1.807) is 10.9 Å². The summed E-state index contributed by atoms with van der Waals surface area (Å²) in [6.45, 7) is 2.01. The Bertz CT molecular complexity index is 786. The summed E-state index contributed by atoms with van der Waals surface area (Å²) in [5.41, 5.74) is 4.17. The molecule has 0 saturated heterocycles. The van der Waals surface area contributed by atoms with Crippen molar-refractivity contribution < 1.29 is 4.79 Å². The second-order valence-electron chi connectivity index (χ2n) is 5.77. The highest BCUT2D eigenvalue weighted by Gasteiger charge is 2.10. The summed E-state index contributed by atoms with van der Waals surface area (Å²) in [6, 6.07) is 1.89. The van der Waals surface area contributed by atoms with Crippen LogP contribution in [0.4, 0.5) is 5.82 Å². The average Bonchev–Trinajstić information content (AvgIpc) is 2.94. The standard InChI is InChI=1S/C18H20N4O/c1-13-8-17(19-11-16(13)15-10-20-22(2)12-15)21-18(23)9-14-6-4-3-5-7-14/h4,6-8,10-12H,3,5,9H2,1-2H3,(H,19,21,23). The lowest BCUT2D eigenvalue weighted by Crippen LogP contribution is -2.13. The number of pyridine rings is 1. The first-order valence-corrected chi connectivity index (χ1v) is 7.73. The van der Waals surface area contributed by atoms with Gasteiger partial charge in [-0.3, -0.25) is 9.48 Å². The van der Waals surface area contributed by atoms with Crippen LogP contribution in [-0.4, -0.2) is 20.7 Å². The van der Waals surface area contributed by atoms with Crippen LogP contribution in [0.5, 0.6) is 0 Å². The Morgan fingerprint density at radius 3 is 2.87 bits per heavy atom. The summed E-state index contributed by atoms with van der Waals surface area (Å²) in [4.78, 5) is 16.5. The molecule has 1 aliphatic carbocycles. The summed E-state index contributed by atoms with van der Waals surface area (Å²) in [5.74, 6) is 0.546. The first-order valence-electron chi connectivity index (χ1n) is 7.73. The Labute approximate surface area is 135 Å². The lowest BCUT2D eigenvalue weighted by molar-refractivity contribution is -0.115. The molecule has 0 unspecified atom stereocenters. The molecule has 3 rings (SSSR count). The van der Waals surface area contributed by atoms with Crippen molar-refractivity contribution in [3.63, 3.8) is 0 Å². The lowest BCUT2D eigenvalue weighted by atomic mass is 10.0. The molecule has 2 aromatic heterocycles. The van der Waals surface area contributed by atoms with Gasteiger partial charge in [0.25, 0.3) is 0 Å². The van der Waals surface area contributed by atoms with Crippen molar-refractivity contribution in [2.45, 2.75) is 26.2 Å². The molecule has 118 valence electrons. The molecule has 1 aliphatic rings. The summed E-state index contributed by atoms with van der Waals surface area (Å²) in [7, 11) is 1.88. The fourth-order valence-electron chi connectivity index (χ4n) is 2.66. The van der Waals surface area contributed by atoms with Crippen LogP contribution in [0.1, 0.15) is 24.8 Å². The maximum atomic E-state index is 12.1. The van der Waals surface area contributed by atoms with E-state index in [-0.39, 0.29) is 5.91 Å². The number of anilines is 1. The van der Waals surface area contributed by atoms with Crippen LogP contribution >= 0.6 is 0 Å². The topological polar surface area (TPSA) is 59.8 Å². The van der Waals surface area contributed by atoms with Crippen LogP contribution in [-0.2, 0) is 11.8 Å². The van der Waals surface area contributed by atoms with Gasteiger partial charge >= 0.3 is 0 Å². The molecule has 23 heavy (non-hydrogen) atoms. The molecule has 0 aliphatic heterocycles. The number of carbonyl (C=O) groups is 1. The van der Waals surface area contributed by atoms with Gasteiger partial charge in [0.1, 0.15) is 5.82 Å². The van der Waals surface area contributed by atoms with Crippen LogP contribution in [0.2, 0.25) is 0 Å². The Balaban J connectivity index is 1.69. The zero-order valence-electron chi connectivity index (χ0n) is 13.4. The number of carbonyl (C=O) groups excluding carboxylic acids is 1. The first kappa shape index (κ1) is 15.2. The minimum atomic E-state index is -0.0381. The van der Waals surface area contributed by atoms with Crippen molar-refractivity contribution >= 4 is 11.7 Å². The second kappa shape index (κ2) is 6.60.